The van der Waals surface area contributed by atoms with E-state index in [9.17, 15) is 9.59 Å². The molecule has 0 aliphatic heterocycles. The van der Waals surface area contributed by atoms with Crippen molar-refractivity contribution in [2.24, 2.45) is 0 Å². The summed E-state index contributed by atoms with van der Waals surface area (Å²) >= 11 is 0. The molecular formula is C28H33N3O4. The van der Waals surface area contributed by atoms with Crippen LogP contribution in [0.4, 0.5) is 4.79 Å². The monoisotopic (exact) mass is 475 g/mol. The van der Waals surface area contributed by atoms with Gasteiger partial charge in [0.15, 0.2) is 0 Å². The minimum atomic E-state index is -0.549. The van der Waals surface area contributed by atoms with Gasteiger partial charge in [0.05, 0.1) is 17.6 Å². The van der Waals surface area contributed by atoms with E-state index in [1.807, 2.05) is 58.0 Å². The molecule has 7 heteroatoms. The first kappa shape index (κ1) is 24.5. The highest BCUT2D eigenvalue weighted by molar-refractivity contribution is 5.97. The van der Waals surface area contributed by atoms with Gasteiger partial charge < -0.3 is 19.7 Å². The number of nitrogens with zero attached hydrogens (tertiary/aromatic N) is 2. The number of carbonyl (C=O) groups is 2. The molecule has 1 N–H and O–H groups in total. The van der Waals surface area contributed by atoms with Crippen molar-refractivity contribution in [2.45, 2.75) is 51.7 Å². The third kappa shape index (κ3) is 5.73. The first-order valence-electron chi connectivity index (χ1n) is 11.9. The number of amides is 2. The van der Waals surface area contributed by atoms with Crippen molar-refractivity contribution < 1.29 is 19.1 Å². The Morgan fingerprint density at radius 2 is 1.89 bits per heavy atom. The Kier molecular flexibility index (Phi) is 6.70. The molecule has 1 aromatic heterocycles. The fourth-order valence-corrected chi connectivity index (χ4v) is 4.06. The SMILES string of the molecule is Cc1ccc(OCCN(C)C(=O)OC(C)(C)C)cc1C(=O)NC1(c2cccc3ncccc23)CC1. The minimum Gasteiger partial charge on any atom is -0.492 e. The van der Waals surface area contributed by atoms with Gasteiger partial charge in [-0.25, -0.2) is 4.79 Å². The fourth-order valence-electron chi connectivity index (χ4n) is 4.06. The molecule has 1 heterocycles. The summed E-state index contributed by atoms with van der Waals surface area (Å²) in [7, 11) is 1.67. The smallest absolute Gasteiger partial charge is 0.410 e. The molecule has 4 rings (SSSR count). The normalized spacial score (nSPS) is 14.3. The summed E-state index contributed by atoms with van der Waals surface area (Å²) in [4.78, 5) is 31.4. The van der Waals surface area contributed by atoms with Crippen LogP contribution in [-0.2, 0) is 10.3 Å². The summed E-state index contributed by atoms with van der Waals surface area (Å²) in [6.07, 6.45) is 3.16. The second-order valence-corrected chi connectivity index (χ2v) is 10.1. The lowest BCUT2D eigenvalue weighted by Gasteiger charge is -2.24. The standard InChI is InChI=1S/C28H33N3O4/c1-19-11-12-20(34-17-16-31(5)26(33)35-27(2,3)4)18-22(19)25(32)30-28(13-14-28)23-9-6-10-24-21(23)8-7-15-29-24/h6-12,15,18H,13-14,16-17H2,1-5H3,(H,30,32). The average molecular weight is 476 g/mol. The largest absolute Gasteiger partial charge is 0.492 e. The molecule has 35 heavy (non-hydrogen) atoms. The zero-order chi connectivity index (χ0) is 25.2. The number of carbonyl (C=O) groups excluding carboxylic acids is 2. The van der Waals surface area contributed by atoms with Gasteiger partial charge in [-0.05, 0) is 75.9 Å². The number of aromatic nitrogens is 1. The Hall–Kier alpha value is -3.61. The molecule has 184 valence electrons. The summed E-state index contributed by atoms with van der Waals surface area (Å²) in [5.74, 6) is 0.453. The number of rotatable bonds is 7. The van der Waals surface area contributed by atoms with Crippen LogP contribution in [0, 0.1) is 6.92 Å². The Morgan fingerprint density at radius 1 is 1.11 bits per heavy atom. The lowest BCUT2D eigenvalue weighted by atomic mass is 9.98. The molecule has 7 nitrogen and oxygen atoms in total. The molecule has 0 bridgehead atoms. The lowest BCUT2D eigenvalue weighted by Crippen LogP contribution is -2.36. The van der Waals surface area contributed by atoms with Crippen molar-refractivity contribution in [2.75, 3.05) is 20.2 Å². The molecule has 2 amide bonds. The van der Waals surface area contributed by atoms with Crippen molar-refractivity contribution in [3.63, 3.8) is 0 Å². The number of ether oxygens (including phenoxy) is 2. The molecule has 0 spiro atoms. The van der Waals surface area contributed by atoms with Gasteiger partial charge in [0.2, 0.25) is 0 Å². The maximum absolute atomic E-state index is 13.3. The second-order valence-electron chi connectivity index (χ2n) is 10.1. The van der Waals surface area contributed by atoms with Gasteiger partial charge in [0, 0.05) is 24.2 Å². The van der Waals surface area contributed by atoms with Crippen molar-refractivity contribution in [1.82, 2.24) is 15.2 Å². The van der Waals surface area contributed by atoms with Gasteiger partial charge in [-0.2, -0.15) is 0 Å². The summed E-state index contributed by atoms with van der Waals surface area (Å²) in [5.41, 5.74) is 2.55. The Bertz CT molecular complexity index is 1240. The van der Waals surface area contributed by atoms with Gasteiger partial charge in [-0.3, -0.25) is 9.78 Å². The molecule has 1 aliphatic carbocycles. The third-order valence-electron chi connectivity index (χ3n) is 6.12. The Morgan fingerprint density at radius 3 is 2.60 bits per heavy atom. The van der Waals surface area contributed by atoms with E-state index in [1.54, 1.807) is 19.3 Å². The summed E-state index contributed by atoms with van der Waals surface area (Å²) in [6, 6.07) is 15.5. The maximum atomic E-state index is 13.3. The fraction of sp³-hybridized carbons (Fsp3) is 0.393. The summed E-state index contributed by atoms with van der Waals surface area (Å²) in [5, 5.41) is 4.34. The van der Waals surface area contributed by atoms with Crippen LogP contribution in [-0.4, -0.2) is 47.7 Å². The Balaban J connectivity index is 1.42. The number of aryl methyl sites for hydroxylation is 1. The van der Waals surface area contributed by atoms with E-state index in [-0.39, 0.29) is 18.1 Å². The number of nitrogens with one attached hydrogen (secondary N) is 1. The number of hydrogen-bond donors (Lipinski definition) is 1. The van der Waals surface area contributed by atoms with E-state index < -0.39 is 11.7 Å². The predicted octanol–water partition coefficient (Wildman–Crippen LogP) is 5.21. The molecule has 0 unspecified atom stereocenters. The van der Waals surface area contributed by atoms with Crippen molar-refractivity contribution >= 4 is 22.9 Å². The molecular weight excluding hydrogens is 442 g/mol. The van der Waals surface area contributed by atoms with E-state index in [1.165, 1.54) is 4.90 Å². The second kappa shape index (κ2) is 9.56. The van der Waals surface area contributed by atoms with Crippen LogP contribution >= 0.6 is 0 Å². The highest BCUT2D eigenvalue weighted by atomic mass is 16.6. The van der Waals surface area contributed by atoms with Crippen LogP contribution in [0.15, 0.2) is 54.7 Å². The maximum Gasteiger partial charge on any atom is 0.410 e. The highest BCUT2D eigenvalue weighted by Gasteiger charge is 2.46. The van der Waals surface area contributed by atoms with Gasteiger partial charge in [0.1, 0.15) is 18.0 Å². The molecule has 1 saturated carbocycles. The molecule has 1 aliphatic rings. The minimum absolute atomic E-state index is 0.128. The predicted molar refractivity (Wildman–Crippen MR) is 136 cm³/mol. The van der Waals surface area contributed by atoms with E-state index in [0.717, 1.165) is 34.9 Å². The summed E-state index contributed by atoms with van der Waals surface area (Å²) < 4.78 is 11.2. The van der Waals surface area contributed by atoms with Crippen LogP contribution in [0.25, 0.3) is 10.9 Å². The van der Waals surface area contributed by atoms with Gasteiger partial charge in [-0.1, -0.05) is 24.3 Å². The van der Waals surface area contributed by atoms with Gasteiger partial charge >= 0.3 is 6.09 Å². The van der Waals surface area contributed by atoms with Crippen molar-refractivity contribution in [1.29, 1.82) is 0 Å². The molecule has 0 radical (unpaired) electrons. The van der Waals surface area contributed by atoms with E-state index >= 15 is 0 Å². The first-order valence-corrected chi connectivity index (χ1v) is 11.9. The van der Waals surface area contributed by atoms with Crippen LogP contribution in [0.2, 0.25) is 0 Å². The number of likely N-dealkylation sites (N-methyl/N-ethyl adjacent to an activating group) is 1. The molecule has 0 saturated heterocycles. The van der Waals surface area contributed by atoms with Crippen LogP contribution in [0.1, 0.15) is 55.1 Å². The molecule has 0 atom stereocenters. The summed E-state index contributed by atoms with van der Waals surface area (Å²) in [6.45, 7) is 8.05. The van der Waals surface area contributed by atoms with Gasteiger partial charge in [-0.15, -0.1) is 0 Å². The number of fused-ring (bicyclic) bond motifs is 1. The molecule has 1 fully saturated rings. The lowest BCUT2D eigenvalue weighted by molar-refractivity contribution is 0.0278. The molecule has 2 aromatic carbocycles. The zero-order valence-corrected chi connectivity index (χ0v) is 21.1. The topological polar surface area (TPSA) is 80.8 Å². The zero-order valence-electron chi connectivity index (χ0n) is 21.1. The Labute approximate surface area is 206 Å². The van der Waals surface area contributed by atoms with E-state index in [2.05, 4.69) is 22.4 Å². The quantitative estimate of drug-likeness (QED) is 0.508. The van der Waals surface area contributed by atoms with Gasteiger partial charge in [0.25, 0.3) is 5.91 Å². The van der Waals surface area contributed by atoms with Crippen molar-refractivity contribution in [3.05, 3.63) is 71.4 Å². The number of benzene rings is 2. The number of hydrogen-bond acceptors (Lipinski definition) is 5. The van der Waals surface area contributed by atoms with Crippen LogP contribution in [0.5, 0.6) is 5.75 Å². The van der Waals surface area contributed by atoms with Crippen molar-refractivity contribution in [3.8, 4) is 5.75 Å². The third-order valence-corrected chi connectivity index (χ3v) is 6.12. The number of pyridine rings is 1. The van der Waals surface area contributed by atoms with E-state index in [0.29, 0.717) is 17.9 Å². The van der Waals surface area contributed by atoms with Crippen LogP contribution < -0.4 is 10.1 Å². The average Bonchev–Trinajstić information content (AvgIpc) is 3.58. The highest BCUT2D eigenvalue weighted by Crippen LogP contribution is 2.48. The first-order chi connectivity index (χ1) is 16.6. The van der Waals surface area contributed by atoms with Crippen LogP contribution in [0.3, 0.4) is 0 Å². The molecule has 3 aromatic rings. The van der Waals surface area contributed by atoms with E-state index in [4.69, 9.17) is 9.47 Å².